The molecule has 2 aromatic rings. The highest BCUT2D eigenvalue weighted by Gasteiger charge is 2.23. The normalized spacial score (nSPS) is 12.3. The number of carboxylic acid groups (broad SMARTS) is 1. The van der Waals surface area contributed by atoms with Gasteiger partial charge in [-0.05, 0) is 12.5 Å². The molecule has 1 aromatic heterocycles. The van der Waals surface area contributed by atoms with E-state index >= 15 is 0 Å². The molecule has 0 spiro atoms. The fraction of sp³-hybridized carbons (Fsp3) is 0.400. The number of nitrogens with zero attached hydrogens (tertiary/aromatic N) is 2. The fourth-order valence-corrected chi connectivity index (χ4v) is 2.27. The molecule has 1 heterocycles. The van der Waals surface area contributed by atoms with E-state index in [0.717, 1.165) is 23.7 Å². The number of aryl methyl sites for hydroxylation is 1. The lowest BCUT2D eigenvalue weighted by atomic mass is 10.1. The van der Waals surface area contributed by atoms with E-state index in [2.05, 4.69) is 10.4 Å². The van der Waals surface area contributed by atoms with Crippen LogP contribution in [0, 0.1) is 0 Å². The third-order valence-electron chi connectivity index (χ3n) is 3.42. The van der Waals surface area contributed by atoms with Crippen LogP contribution in [0.3, 0.4) is 0 Å². The van der Waals surface area contributed by atoms with Crippen molar-refractivity contribution in [2.24, 2.45) is 7.05 Å². The van der Waals surface area contributed by atoms with E-state index in [9.17, 15) is 14.7 Å². The first-order chi connectivity index (χ1) is 10.0. The van der Waals surface area contributed by atoms with Crippen molar-refractivity contribution >= 4 is 22.8 Å². The second-order valence-electron chi connectivity index (χ2n) is 5.00. The lowest BCUT2D eigenvalue weighted by molar-refractivity contribution is -0.139. The number of nitrogens with one attached hydrogen (secondary N) is 1. The van der Waals surface area contributed by atoms with Crippen molar-refractivity contribution < 1.29 is 14.7 Å². The number of carbonyl (C=O) groups is 2. The lowest BCUT2D eigenvalue weighted by Gasteiger charge is -2.13. The van der Waals surface area contributed by atoms with E-state index < -0.39 is 17.9 Å². The monoisotopic (exact) mass is 289 g/mol. The third kappa shape index (κ3) is 3.21. The molecule has 21 heavy (non-hydrogen) atoms. The molecule has 0 fully saturated rings. The van der Waals surface area contributed by atoms with E-state index in [1.165, 1.54) is 0 Å². The Morgan fingerprint density at radius 3 is 2.76 bits per heavy atom. The summed E-state index contributed by atoms with van der Waals surface area (Å²) in [6.45, 7) is 1.98. The number of amides is 1. The Bertz CT molecular complexity index is 663. The second kappa shape index (κ2) is 6.39. The molecule has 0 saturated heterocycles. The van der Waals surface area contributed by atoms with E-state index in [4.69, 9.17) is 0 Å². The van der Waals surface area contributed by atoms with E-state index in [0.29, 0.717) is 6.42 Å². The van der Waals surface area contributed by atoms with Gasteiger partial charge < -0.3 is 10.4 Å². The Morgan fingerprint density at radius 1 is 1.38 bits per heavy atom. The summed E-state index contributed by atoms with van der Waals surface area (Å²) in [7, 11) is 1.75. The first kappa shape index (κ1) is 15.0. The summed E-state index contributed by atoms with van der Waals surface area (Å²) in [4.78, 5) is 23.5. The van der Waals surface area contributed by atoms with Crippen LogP contribution in [0.25, 0.3) is 10.9 Å². The number of hydrogen-bond donors (Lipinski definition) is 2. The van der Waals surface area contributed by atoms with Crippen molar-refractivity contribution in [1.82, 2.24) is 15.1 Å². The van der Waals surface area contributed by atoms with Crippen LogP contribution in [0.4, 0.5) is 0 Å². The number of unbranched alkanes of at least 4 members (excludes halogenated alkanes) is 1. The molecule has 0 radical (unpaired) electrons. The molecule has 1 unspecified atom stereocenters. The van der Waals surface area contributed by atoms with Crippen LogP contribution in [0.2, 0.25) is 0 Å². The van der Waals surface area contributed by atoms with Gasteiger partial charge in [0.15, 0.2) is 5.69 Å². The maximum atomic E-state index is 12.3. The van der Waals surface area contributed by atoms with E-state index in [1.807, 2.05) is 25.1 Å². The number of aromatic nitrogens is 2. The smallest absolute Gasteiger partial charge is 0.326 e. The third-order valence-corrected chi connectivity index (χ3v) is 3.42. The number of hydrogen-bond acceptors (Lipinski definition) is 3. The highest BCUT2D eigenvalue weighted by molar-refractivity contribution is 6.05. The van der Waals surface area contributed by atoms with Crippen molar-refractivity contribution in [3.63, 3.8) is 0 Å². The Balaban J connectivity index is 2.23. The van der Waals surface area contributed by atoms with Crippen LogP contribution in [0.5, 0.6) is 0 Å². The highest BCUT2D eigenvalue weighted by Crippen LogP contribution is 2.17. The maximum absolute atomic E-state index is 12.3. The molecule has 0 aliphatic rings. The summed E-state index contributed by atoms with van der Waals surface area (Å²) in [6.07, 6.45) is 2.05. The summed E-state index contributed by atoms with van der Waals surface area (Å²) in [5.41, 5.74) is 1.10. The maximum Gasteiger partial charge on any atom is 0.326 e. The van der Waals surface area contributed by atoms with Crippen LogP contribution in [0.1, 0.15) is 36.7 Å². The summed E-state index contributed by atoms with van der Waals surface area (Å²) in [5.74, 6) is -1.47. The first-order valence-electron chi connectivity index (χ1n) is 7.00. The van der Waals surface area contributed by atoms with Crippen LogP contribution < -0.4 is 5.32 Å². The van der Waals surface area contributed by atoms with Gasteiger partial charge in [0, 0.05) is 12.4 Å². The minimum atomic E-state index is -1.02. The van der Waals surface area contributed by atoms with Crippen molar-refractivity contribution in [3.8, 4) is 0 Å². The van der Waals surface area contributed by atoms with E-state index in [1.54, 1.807) is 17.8 Å². The van der Waals surface area contributed by atoms with Crippen molar-refractivity contribution in [3.05, 3.63) is 30.0 Å². The minimum absolute atomic E-state index is 0.260. The predicted molar refractivity (Wildman–Crippen MR) is 79.1 cm³/mol. The molecule has 1 amide bonds. The van der Waals surface area contributed by atoms with Gasteiger partial charge in [0.1, 0.15) is 6.04 Å². The Hall–Kier alpha value is -2.37. The van der Waals surface area contributed by atoms with Crippen molar-refractivity contribution in [2.75, 3.05) is 0 Å². The largest absolute Gasteiger partial charge is 0.480 e. The minimum Gasteiger partial charge on any atom is -0.480 e. The van der Waals surface area contributed by atoms with Gasteiger partial charge in [-0.2, -0.15) is 5.10 Å². The van der Waals surface area contributed by atoms with Crippen LogP contribution in [0.15, 0.2) is 24.3 Å². The average molecular weight is 289 g/mol. The zero-order valence-corrected chi connectivity index (χ0v) is 12.2. The molecule has 0 bridgehead atoms. The molecule has 6 heteroatoms. The highest BCUT2D eigenvalue weighted by atomic mass is 16.4. The Kier molecular flexibility index (Phi) is 4.57. The summed E-state index contributed by atoms with van der Waals surface area (Å²) in [5, 5.41) is 16.6. The number of rotatable bonds is 6. The fourth-order valence-electron chi connectivity index (χ4n) is 2.27. The molecule has 2 N–H and O–H groups in total. The zero-order valence-electron chi connectivity index (χ0n) is 12.2. The standard InChI is InChI=1S/C15H19N3O3/c1-3-4-8-11(15(20)21)16-14(19)13-10-7-5-6-9-12(10)18(2)17-13/h5-7,9,11H,3-4,8H2,1-2H3,(H,16,19)(H,20,21). The molecule has 1 aromatic carbocycles. The van der Waals surface area contributed by atoms with E-state index in [-0.39, 0.29) is 5.69 Å². The van der Waals surface area contributed by atoms with Crippen molar-refractivity contribution in [1.29, 1.82) is 0 Å². The van der Waals surface area contributed by atoms with Crippen LogP contribution in [-0.2, 0) is 11.8 Å². The van der Waals surface area contributed by atoms with Gasteiger partial charge in [-0.3, -0.25) is 9.48 Å². The number of para-hydroxylation sites is 1. The number of fused-ring (bicyclic) bond motifs is 1. The Morgan fingerprint density at radius 2 is 2.10 bits per heavy atom. The van der Waals surface area contributed by atoms with Crippen molar-refractivity contribution in [2.45, 2.75) is 32.2 Å². The number of aliphatic carboxylic acids is 1. The molecular formula is C15H19N3O3. The zero-order chi connectivity index (χ0) is 15.4. The molecule has 112 valence electrons. The van der Waals surface area contributed by atoms with Gasteiger partial charge in [0.05, 0.1) is 5.52 Å². The number of benzene rings is 1. The molecule has 2 rings (SSSR count). The number of carbonyl (C=O) groups excluding carboxylic acids is 1. The topological polar surface area (TPSA) is 84.2 Å². The van der Waals surface area contributed by atoms with Gasteiger partial charge in [-0.25, -0.2) is 4.79 Å². The summed E-state index contributed by atoms with van der Waals surface area (Å²) >= 11 is 0. The Labute approximate surface area is 122 Å². The molecular weight excluding hydrogens is 270 g/mol. The average Bonchev–Trinajstić information content (AvgIpc) is 2.81. The van der Waals surface area contributed by atoms with Crippen LogP contribution in [-0.4, -0.2) is 32.8 Å². The summed E-state index contributed by atoms with van der Waals surface area (Å²) < 4.78 is 1.62. The molecule has 0 aliphatic heterocycles. The second-order valence-corrected chi connectivity index (χ2v) is 5.00. The quantitative estimate of drug-likeness (QED) is 0.851. The SMILES string of the molecule is CCCCC(NC(=O)c1nn(C)c2ccccc12)C(=O)O. The van der Waals surface area contributed by atoms with Gasteiger partial charge in [-0.1, -0.05) is 38.0 Å². The number of carboxylic acids is 1. The van der Waals surface area contributed by atoms with Crippen LogP contribution >= 0.6 is 0 Å². The first-order valence-corrected chi connectivity index (χ1v) is 7.00. The molecule has 1 atom stereocenters. The van der Waals surface area contributed by atoms with Gasteiger partial charge in [-0.15, -0.1) is 0 Å². The summed E-state index contributed by atoms with van der Waals surface area (Å²) in [6, 6.07) is 6.49. The van der Waals surface area contributed by atoms with Gasteiger partial charge in [0.2, 0.25) is 0 Å². The molecule has 0 aliphatic carbocycles. The molecule has 6 nitrogen and oxygen atoms in total. The predicted octanol–water partition coefficient (Wildman–Crippen LogP) is 1.95. The molecule has 0 saturated carbocycles. The lowest BCUT2D eigenvalue weighted by Crippen LogP contribution is -2.41. The van der Waals surface area contributed by atoms with Gasteiger partial charge in [0.25, 0.3) is 5.91 Å². The van der Waals surface area contributed by atoms with Gasteiger partial charge >= 0.3 is 5.97 Å².